The molecule has 5 nitrogen and oxygen atoms in total. The van der Waals surface area contributed by atoms with Gasteiger partial charge in [0.15, 0.2) is 0 Å². The first-order chi connectivity index (χ1) is 7.95. The Kier molecular flexibility index (Phi) is 4.45. The van der Waals surface area contributed by atoms with E-state index in [4.69, 9.17) is 16.7 Å². The van der Waals surface area contributed by atoms with Crippen LogP contribution in [0.4, 0.5) is 0 Å². The molecule has 92 valence electrons. The Labute approximate surface area is 104 Å². The highest BCUT2D eigenvalue weighted by molar-refractivity contribution is 6.33. The highest BCUT2D eigenvalue weighted by atomic mass is 35.5. The van der Waals surface area contributed by atoms with Crippen LogP contribution in [0.25, 0.3) is 0 Å². The van der Waals surface area contributed by atoms with Crippen LogP contribution in [0.3, 0.4) is 0 Å². The molecule has 0 aliphatic heterocycles. The average Bonchev–Trinajstić information content (AvgIpc) is 2.24. The van der Waals surface area contributed by atoms with Gasteiger partial charge in [-0.3, -0.25) is 9.78 Å². The number of aryl methyl sites for hydroxylation is 1. The molecule has 0 aliphatic carbocycles. The summed E-state index contributed by atoms with van der Waals surface area (Å²) in [7, 11) is 0. The molecule has 6 heteroatoms. The number of hydrogen-bond acceptors (Lipinski definition) is 3. The minimum Gasteiger partial charge on any atom is -0.480 e. The average molecular weight is 257 g/mol. The molecule has 0 aromatic carbocycles. The Morgan fingerprint density at radius 3 is 2.71 bits per heavy atom. The van der Waals surface area contributed by atoms with Crippen molar-refractivity contribution in [3.63, 3.8) is 0 Å². The van der Waals surface area contributed by atoms with Gasteiger partial charge in [0.2, 0.25) is 0 Å². The topological polar surface area (TPSA) is 79.3 Å². The molecule has 1 aromatic heterocycles. The van der Waals surface area contributed by atoms with Gasteiger partial charge in [0.1, 0.15) is 6.04 Å². The van der Waals surface area contributed by atoms with Crippen molar-refractivity contribution in [3.8, 4) is 0 Å². The zero-order chi connectivity index (χ0) is 13.0. The maximum atomic E-state index is 11.8. The molecule has 1 rings (SSSR count). The minimum absolute atomic E-state index is 0.178. The number of carbonyl (C=O) groups is 2. The number of nitrogens with one attached hydrogen (secondary N) is 1. The second-order valence-corrected chi connectivity index (χ2v) is 3.99. The summed E-state index contributed by atoms with van der Waals surface area (Å²) in [6.07, 6.45) is 1.64. The summed E-state index contributed by atoms with van der Waals surface area (Å²) in [4.78, 5) is 26.5. The number of aromatic nitrogens is 1. The van der Waals surface area contributed by atoms with Crippen LogP contribution >= 0.6 is 11.6 Å². The first-order valence-electron chi connectivity index (χ1n) is 5.11. The summed E-state index contributed by atoms with van der Waals surface area (Å²) in [5.41, 5.74) is 0.869. The van der Waals surface area contributed by atoms with E-state index in [2.05, 4.69) is 10.3 Å². The van der Waals surface area contributed by atoms with Crippen LogP contribution in [0.5, 0.6) is 0 Å². The van der Waals surface area contributed by atoms with Crippen molar-refractivity contribution in [3.05, 3.63) is 28.5 Å². The van der Waals surface area contributed by atoms with Crippen molar-refractivity contribution in [2.45, 2.75) is 26.3 Å². The monoisotopic (exact) mass is 256 g/mol. The Hall–Kier alpha value is -1.62. The van der Waals surface area contributed by atoms with E-state index >= 15 is 0 Å². The predicted octanol–water partition coefficient (Wildman–Crippen LogP) is 1.64. The molecular formula is C11H13ClN2O3. The fourth-order valence-corrected chi connectivity index (χ4v) is 1.56. The minimum atomic E-state index is -1.07. The van der Waals surface area contributed by atoms with Gasteiger partial charge in [-0.1, -0.05) is 18.5 Å². The standard InChI is InChI=1S/C11H13ClN2O3/c1-3-9(11(16)17)14-10(15)7-5-13-6(2)4-8(7)12/h4-5,9H,3H2,1-2H3,(H,14,15)(H,16,17)/t9-/m1/s1. The van der Waals surface area contributed by atoms with Crippen LogP contribution in [0.2, 0.25) is 5.02 Å². The number of amides is 1. The number of carboxylic acids is 1. The molecule has 1 aromatic rings. The molecule has 1 atom stereocenters. The molecule has 0 bridgehead atoms. The van der Waals surface area contributed by atoms with Gasteiger partial charge < -0.3 is 10.4 Å². The summed E-state index contributed by atoms with van der Waals surface area (Å²) >= 11 is 5.88. The number of pyridine rings is 1. The van der Waals surface area contributed by atoms with Gasteiger partial charge in [-0.15, -0.1) is 0 Å². The lowest BCUT2D eigenvalue weighted by atomic mass is 10.2. The number of nitrogens with zero attached hydrogens (tertiary/aromatic N) is 1. The molecule has 0 spiro atoms. The lowest BCUT2D eigenvalue weighted by molar-refractivity contribution is -0.139. The third-order valence-corrected chi connectivity index (χ3v) is 2.56. The van der Waals surface area contributed by atoms with E-state index in [0.29, 0.717) is 12.1 Å². The van der Waals surface area contributed by atoms with Crippen LogP contribution in [-0.2, 0) is 4.79 Å². The number of rotatable bonds is 4. The summed E-state index contributed by atoms with van der Waals surface area (Å²) in [6, 6.07) is 0.637. The molecule has 1 amide bonds. The number of halogens is 1. The molecule has 0 aliphatic rings. The predicted molar refractivity (Wildman–Crippen MR) is 63.2 cm³/mol. The fraction of sp³-hybridized carbons (Fsp3) is 0.364. The van der Waals surface area contributed by atoms with Gasteiger partial charge >= 0.3 is 5.97 Å². The lowest BCUT2D eigenvalue weighted by Crippen LogP contribution is -2.40. The molecule has 1 heterocycles. The van der Waals surface area contributed by atoms with E-state index in [0.717, 1.165) is 0 Å². The van der Waals surface area contributed by atoms with Gasteiger partial charge in [-0.25, -0.2) is 4.79 Å². The van der Waals surface area contributed by atoms with E-state index in [1.807, 2.05) is 0 Å². The Bertz CT molecular complexity index is 448. The van der Waals surface area contributed by atoms with Gasteiger partial charge in [-0.2, -0.15) is 0 Å². The third-order valence-electron chi connectivity index (χ3n) is 2.25. The van der Waals surface area contributed by atoms with Crippen LogP contribution < -0.4 is 5.32 Å². The zero-order valence-corrected chi connectivity index (χ0v) is 10.3. The third kappa shape index (κ3) is 3.42. The molecule has 17 heavy (non-hydrogen) atoms. The number of aliphatic carboxylic acids is 1. The molecule has 0 saturated carbocycles. The van der Waals surface area contributed by atoms with Crippen LogP contribution in [0.1, 0.15) is 29.4 Å². The van der Waals surface area contributed by atoms with Crippen molar-refractivity contribution < 1.29 is 14.7 Å². The largest absolute Gasteiger partial charge is 0.480 e. The van der Waals surface area contributed by atoms with Crippen molar-refractivity contribution in [1.82, 2.24) is 10.3 Å². The Morgan fingerprint density at radius 2 is 2.24 bits per heavy atom. The van der Waals surface area contributed by atoms with E-state index in [1.54, 1.807) is 19.9 Å². The molecule has 0 unspecified atom stereocenters. The first kappa shape index (κ1) is 13.4. The van der Waals surface area contributed by atoms with Gasteiger partial charge in [0.25, 0.3) is 5.91 Å². The number of carboxylic acid groups (broad SMARTS) is 1. The summed E-state index contributed by atoms with van der Waals surface area (Å²) in [5.74, 6) is -1.60. The van der Waals surface area contributed by atoms with Crippen molar-refractivity contribution in [2.75, 3.05) is 0 Å². The van der Waals surface area contributed by atoms with Crippen molar-refractivity contribution in [1.29, 1.82) is 0 Å². The van der Waals surface area contributed by atoms with E-state index in [9.17, 15) is 9.59 Å². The molecule has 2 N–H and O–H groups in total. The first-order valence-corrected chi connectivity index (χ1v) is 5.49. The summed E-state index contributed by atoms with van der Waals surface area (Å²) in [6.45, 7) is 3.42. The fourth-order valence-electron chi connectivity index (χ4n) is 1.27. The number of hydrogen-bond donors (Lipinski definition) is 2. The highest BCUT2D eigenvalue weighted by Crippen LogP contribution is 2.15. The maximum Gasteiger partial charge on any atom is 0.326 e. The molecule has 0 saturated heterocycles. The molecule has 0 radical (unpaired) electrons. The van der Waals surface area contributed by atoms with Gasteiger partial charge in [0, 0.05) is 11.9 Å². The zero-order valence-electron chi connectivity index (χ0n) is 9.53. The quantitative estimate of drug-likeness (QED) is 0.858. The van der Waals surface area contributed by atoms with Crippen LogP contribution in [0.15, 0.2) is 12.3 Å². The van der Waals surface area contributed by atoms with E-state index < -0.39 is 17.9 Å². The van der Waals surface area contributed by atoms with Crippen molar-refractivity contribution >= 4 is 23.5 Å². The Balaban J connectivity index is 2.86. The number of carbonyl (C=O) groups excluding carboxylic acids is 1. The van der Waals surface area contributed by atoms with E-state index in [1.165, 1.54) is 6.20 Å². The van der Waals surface area contributed by atoms with E-state index in [-0.39, 0.29) is 10.6 Å². The van der Waals surface area contributed by atoms with Gasteiger partial charge in [-0.05, 0) is 19.4 Å². The smallest absolute Gasteiger partial charge is 0.326 e. The maximum absolute atomic E-state index is 11.8. The van der Waals surface area contributed by atoms with Crippen molar-refractivity contribution in [2.24, 2.45) is 0 Å². The normalized spacial score (nSPS) is 11.9. The highest BCUT2D eigenvalue weighted by Gasteiger charge is 2.20. The second kappa shape index (κ2) is 5.63. The molecule has 0 fully saturated rings. The second-order valence-electron chi connectivity index (χ2n) is 3.58. The summed E-state index contributed by atoms with van der Waals surface area (Å²) < 4.78 is 0. The SMILES string of the molecule is CC[C@@H](NC(=O)c1cnc(C)cc1Cl)C(=O)O. The van der Waals surface area contributed by atoms with Crippen LogP contribution in [-0.4, -0.2) is 28.0 Å². The van der Waals surface area contributed by atoms with Crippen LogP contribution in [0, 0.1) is 6.92 Å². The Morgan fingerprint density at radius 1 is 1.59 bits per heavy atom. The lowest BCUT2D eigenvalue weighted by Gasteiger charge is -2.12. The summed E-state index contributed by atoms with van der Waals surface area (Å²) in [5, 5.41) is 11.5. The van der Waals surface area contributed by atoms with Gasteiger partial charge in [0.05, 0.1) is 10.6 Å². The molecular weight excluding hydrogens is 244 g/mol.